The van der Waals surface area contributed by atoms with Crippen LogP contribution < -0.4 is 0 Å². The summed E-state index contributed by atoms with van der Waals surface area (Å²) >= 11 is 0. The van der Waals surface area contributed by atoms with Crippen LogP contribution in [0.2, 0.25) is 0 Å². The molecule has 1 fully saturated rings. The van der Waals surface area contributed by atoms with E-state index in [0.717, 1.165) is 26.3 Å². The lowest BCUT2D eigenvalue weighted by Crippen LogP contribution is -2.40. The third-order valence-corrected chi connectivity index (χ3v) is 1.64. The van der Waals surface area contributed by atoms with Crippen molar-refractivity contribution in [2.75, 3.05) is 26.3 Å². The first-order valence-corrected chi connectivity index (χ1v) is 3.43. The van der Waals surface area contributed by atoms with Gasteiger partial charge in [-0.3, -0.25) is 4.90 Å². The van der Waals surface area contributed by atoms with E-state index in [0.29, 0.717) is 0 Å². The van der Waals surface area contributed by atoms with Gasteiger partial charge in [0.25, 0.3) is 0 Å². The van der Waals surface area contributed by atoms with Gasteiger partial charge in [-0.25, -0.2) is 0 Å². The number of ether oxygens (including phenoxy) is 1. The molecular weight excluding hydrogens is 114 g/mol. The number of hydrogen-bond donors (Lipinski definition) is 0. The normalized spacial score (nSPS) is 25.8. The third-order valence-electron chi connectivity index (χ3n) is 1.64. The van der Waals surface area contributed by atoms with E-state index in [2.05, 4.69) is 4.90 Å². The molecule has 1 rings (SSSR count). The zero-order chi connectivity index (χ0) is 7.61. The molecule has 0 atom stereocenters. The Morgan fingerprint density at radius 3 is 2.33 bits per heavy atom. The van der Waals surface area contributed by atoms with Gasteiger partial charge in [0.15, 0.2) is 0 Å². The molecule has 0 amide bonds. The van der Waals surface area contributed by atoms with E-state index in [9.17, 15) is 0 Å². The Labute approximate surface area is 58.2 Å². The van der Waals surface area contributed by atoms with Gasteiger partial charge in [-0.15, -0.1) is 0 Å². The molecule has 1 aliphatic rings. The highest BCUT2D eigenvalue weighted by atomic mass is 16.5. The van der Waals surface area contributed by atoms with Crippen LogP contribution in [-0.4, -0.2) is 37.2 Å². The van der Waals surface area contributed by atoms with Gasteiger partial charge in [-0.2, -0.15) is 0 Å². The van der Waals surface area contributed by atoms with E-state index in [1.165, 1.54) is 0 Å². The van der Waals surface area contributed by atoms with Crippen LogP contribution in [0.1, 0.15) is 15.2 Å². The molecular formula is C7H15NO. The molecule has 2 heteroatoms. The Kier molecular flexibility index (Phi) is 2.01. The number of nitrogens with zero attached hydrogens (tertiary/aromatic N) is 1. The van der Waals surface area contributed by atoms with E-state index in [1.54, 1.807) is 0 Å². The van der Waals surface area contributed by atoms with Gasteiger partial charge in [-0.1, -0.05) is 0 Å². The summed E-state index contributed by atoms with van der Waals surface area (Å²) < 4.78 is 12.9. The van der Waals surface area contributed by atoms with Gasteiger partial charge >= 0.3 is 0 Å². The average molecular weight is 130 g/mol. The maximum atomic E-state index is 7.70. The first-order chi connectivity index (χ1) is 4.61. The zero-order valence-corrected chi connectivity index (χ0v) is 6.18. The van der Waals surface area contributed by atoms with Gasteiger partial charge in [0.2, 0.25) is 0 Å². The molecule has 0 saturated carbocycles. The third kappa shape index (κ3) is 1.95. The second-order valence-electron chi connectivity index (χ2n) is 2.55. The van der Waals surface area contributed by atoms with Crippen LogP contribution in [0, 0.1) is 0 Å². The van der Waals surface area contributed by atoms with Crippen molar-refractivity contribution in [1.82, 2.24) is 4.90 Å². The predicted octanol–water partition coefficient (Wildman–Crippen LogP) is 0.727. The topological polar surface area (TPSA) is 12.5 Å². The Morgan fingerprint density at radius 2 is 2.00 bits per heavy atom. The van der Waals surface area contributed by atoms with E-state index in [4.69, 9.17) is 6.11 Å². The zero-order valence-electron chi connectivity index (χ0n) is 7.18. The summed E-state index contributed by atoms with van der Waals surface area (Å²) in [7, 11) is 0. The second-order valence-corrected chi connectivity index (χ2v) is 2.55. The van der Waals surface area contributed by atoms with Gasteiger partial charge in [0.05, 0.1) is 13.2 Å². The second kappa shape index (κ2) is 3.18. The summed E-state index contributed by atoms with van der Waals surface area (Å²) in [5.41, 5.74) is 0. The first-order valence-electron chi connectivity index (χ1n) is 3.93. The minimum Gasteiger partial charge on any atom is -0.379 e. The first kappa shape index (κ1) is 5.69. The van der Waals surface area contributed by atoms with Gasteiger partial charge in [0, 0.05) is 20.5 Å². The molecule has 0 unspecified atom stereocenters. The standard InChI is InChI=1S/C7H15NO/c1-7(2)8-3-5-9-6-4-8/h7H,3-6H2,1-2H3/i7D. The highest BCUT2D eigenvalue weighted by Gasteiger charge is 2.11. The molecule has 0 aromatic rings. The van der Waals surface area contributed by atoms with Gasteiger partial charge < -0.3 is 4.74 Å². The molecule has 0 aromatic carbocycles. The molecule has 1 heterocycles. The molecule has 54 valence electrons. The highest BCUT2D eigenvalue weighted by molar-refractivity contribution is 4.64. The summed E-state index contributed by atoms with van der Waals surface area (Å²) in [4.78, 5) is 2.12. The summed E-state index contributed by atoms with van der Waals surface area (Å²) in [6.45, 7) is 7.19. The molecule has 1 aliphatic heterocycles. The van der Waals surface area contributed by atoms with Gasteiger partial charge in [0.1, 0.15) is 0 Å². The number of morpholine rings is 1. The van der Waals surface area contributed by atoms with Crippen molar-refractivity contribution in [3.05, 3.63) is 0 Å². The van der Waals surface area contributed by atoms with Crippen LogP contribution >= 0.6 is 0 Å². The van der Waals surface area contributed by atoms with Crippen LogP contribution in [0.15, 0.2) is 0 Å². The predicted molar refractivity (Wildman–Crippen MR) is 37.5 cm³/mol. The van der Waals surface area contributed by atoms with E-state index < -0.39 is 6.02 Å². The van der Waals surface area contributed by atoms with Crippen molar-refractivity contribution in [3.8, 4) is 0 Å². The fourth-order valence-electron chi connectivity index (χ4n) is 1.01. The molecule has 1 saturated heterocycles. The fourth-order valence-corrected chi connectivity index (χ4v) is 1.01. The molecule has 2 nitrogen and oxygen atoms in total. The quantitative estimate of drug-likeness (QED) is 0.519. The average Bonchev–Trinajstić information content (AvgIpc) is 1.88. The van der Waals surface area contributed by atoms with Crippen LogP contribution in [0.3, 0.4) is 0 Å². The summed E-state index contributed by atoms with van der Waals surface area (Å²) in [6.07, 6.45) is 0. The van der Waals surface area contributed by atoms with Crippen molar-refractivity contribution < 1.29 is 6.11 Å². The summed E-state index contributed by atoms with van der Waals surface area (Å²) in [5.74, 6) is 0. The largest absolute Gasteiger partial charge is 0.379 e. The minimum absolute atomic E-state index is 0.427. The SMILES string of the molecule is [2H]C(C)(C)N1CCOCC1. The monoisotopic (exact) mass is 130 g/mol. The van der Waals surface area contributed by atoms with E-state index in [1.807, 2.05) is 13.8 Å². The lowest BCUT2D eigenvalue weighted by molar-refractivity contribution is 0.0238. The van der Waals surface area contributed by atoms with Crippen molar-refractivity contribution in [2.24, 2.45) is 0 Å². The molecule has 0 N–H and O–H groups in total. The molecule has 0 spiro atoms. The Morgan fingerprint density at radius 1 is 1.44 bits per heavy atom. The molecule has 0 bridgehead atoms. The fraction of sp³-hybridized carbons (Fsp3) is 1.00. The molecule has 9 heavy (non-hydrogen) atoms. The van der Waals surface area contributed by atoms with Crippen molar-refractivity contribution in [2.45, 2.75) is 19.9 Å². The smallest absolute Gasteiger partial charge is 0.0594 e. The maximum absolute atomic E-state index is 7.70. The number of rotatable bonds is 1. The lowest BCUT2D eigenvalue weighted by Gasteiger charge is -2.29. The van der Waals surface area contributed by atoms with Crippen LogP contribution in [0.5, 0.6) is 0 Å². The van der Waals surface area contributed by atoms with Crippen LogP contribution in [0.4, 0.5) is 0 Å². The number of hydrogen-bond acceptors (Lipinski definition) is 2. The van der Waals surface area contributed by atoms with Crippen molar-refractivity contribution in [3.63, 3.8) is 0 Å². The highest BCUT2D eigenvalue weighted by Crippen LogP contribution is 2.01. The molecule has 0 aliphatic carbocycles. The van der Waals surface area contributed by atoms with Gasteiger partial charge in [-0.05, 0) is 13.8 Å². The van der Waals surface area contributed by atoms with E-state index in [-0.39, 0.29) is 0 Å². The molecule has 0 aromatic heterocycles. The Balaban J connectivity index is 2.39. The Bertz CT molecular complexity index is 105. The van der Waals surface area contributed by atoms with Crippen molar-refractivity contribution >= 4 is 0 Å². The Hall–Kier alpha value is -0.0800. The van der Waals surface area contributed by atoms with Crippen LogP contribution in [-0.2, 0) is 4.74 Å². The minimum atomic E-state index is -0.427. The maximum Gasteiger partial charge on any atom is 0.0594 e. The lowest BCUT2D eigenvalue weighted by atomic mass is 10.3. The van der Waals surface area contributed by atoms with E-state index >= 15 is 0 Å². The summed E-state index contributed by atoms with van der Waals surface area (Å²) in [6, 6.07) is -0.427. The van der Waals surface area contributed by atoms with Crippen molar-refractivity contribution in [1.29, 1.82) is 0 Å². The summed E-state index contributed by atoms with van der Waals surface area (Å²) in [5, 5.41) is 0. The molecule has 0 radical (unpaired) electrons. The van der Waals surface area contributed by atoms with Crippen LogP contribution in [0.25, 0.3) is 0 Å².